The summed E-state index contributed by atoms with van der Waals surface area (Å²) < 4.78 is 13.3. The lowest BCUT2D eigenvalue weighted by atomic mass is 10.0. The van der Waals surface area contributed by atoms with Crippen LogP contribution in [0.1, 0.15) is 21.7 Å². The third-order valence-electron chi connectivity index (χ3n) is 5.39. The molecule has 3 aromatic carbocycles. The monoisotopic (exact) mass is 411 g/mol. The molecule has 0 saturated heterocycles. The summed E-state index contributed by atoms with van der Waals surface area (Å²) in [6.07, 6.45) is 0. The van der Waals surface area contributed by atoms with Crippen LogP contribution in [0.4, 0.5) is 0 Å². The van der Waals surface area contributed by atoms with Gasteiger partial charge in [0.2, 0.25) is 5.78 Å². The van der Waals surface area contributed by atoms with Crippen LogP contribution >= 0.6 is 0 Å². The van der Waals surface area contributed by atoms with E-state index in [9.17, 15) is 4.79 Å². The smallest absolute Gasteiger partial charge is 0.202 e. The van der Waals surface area contributed by atoms with Crippen LogP contribution in [0.2, 0.25) is 0 Å². The van der Waals surface area contributed by atoms with E-state index in [0.29, 0.717) is 11.3 Å². The van der Waals surface area contributed by atoms with Crippen LogP contribution in [0.25, 0.3) is 16.8 Å². The molecule has 0 unspecified atom stereocenters. The lowest BCUT2D eigenvalue weighted by molar-refractivity contribution is 0.0921. The molecule has 1 aromatic heterocycles. The van der Waals surface area contributed by atoms with Gasteiger partial charge in [-0.1, -0.05) is 48.5 Å². The molecule has 4 heteroatoms. The number of benzene rings is 3. The maximum Gasteiger partial charge on any atom is 0.202 e. The van der Waals surface area contributed by atoms with Crippen molar-refractivity contribution in [1.82, 2.24) is 4.57 Å². The van der Waals surface area contributed by atoms with Crippen LogP contribution in [0.5, 0.6) is 11.5 Å². The molecule has 0 spiro atoms. The van der Waals surface area contributed by atoms with Crippen molar-refractivity contribution < 1.29 is 14.3 Å². The van der Waals surface area contributed by atoms with Crippen molar-refractivity contribution in [2.45, 2.75) is 13.8 Å². The standard InChI is InChI=1S/C27H25NO3/c1-19-17-25(20(2)28(19)22-13-15-23(30-3)16-14-22)26(29)18-31-27-12-8-7-11-24(27)21-9-5-4-6-10-21/h4-17H,18H2,1-3H3. The summed E-state index contributed by atoms with van der Waals surface area (Å²) in [6.45, 7) is 3.94. The lowest BCUT2D eigenvalue weighted by Crippen LogP contribution is -2.13. The number of carbonyl (C=O) groups is 1. The summed E-state index contributed by atoms with van der Waals surface area (Å²) >= 11 is 0. The molecule has 4 nitrogen and oxygen atoms in total. The third-order valence-corrected chi connectivity index (χ3v) is 5.39. The Morgan fingerprint density at radius 3 is 2.26 bits per heavy atom. The maximum absolute atomic E-state index is 13.0. The first-order chi connectivity index (χ1) is 15.1. The average molecular weight is 412 g/mol. The van der Waals surface area contributed by atoms with E-state index >= 15 is 0 Å². The Hall–Kier alpha value is -3.79. The minimum Gasteiger partial charge on any atom is -0.497 e. The Morgan fingerprint density at radius 2 is 1.55 bits per heavy atom. The van der Waals surface area contributed by atoms with Gasteiger partial charge in [-0.2, -0.15) is 0 Å². The Kier molecular flexibility index (Phi) is 5.89. The molecule has 156 valence electrons. The molecule has 0 aliphatic carbocycles. The molecule has 0 atom stereocenters. The molecule has 1 heterocycles. The summed E-state index contributed by atoms with van der Waals surface area (Å²) in [6, 6.07) is 27.6. The lowest BCUT2D eigenvalue weighted by Gasteiger charge is -2.12. The van der Waals surface area contributed by atoms with Gasteiger partial charge in [0.1, 0.15) is 11.5 Å². The van der Waals surface area contributed by atoms with E-state index in [2.05, 4.69) is 4.57 Å². The van der Waals surface area contributed by atoms with E-state index in [1.165, 1.54) is 0 Å². The van der Waals surface area contributed by atoms with Crippen molar-refractivity contribution >= 4 is 5.78 Å². The van der Waals surface area contributed by atoms with Crippen LogP contribution in [0.3, 0.4) is 0 Å². The fourth-order valence-electron chi connectivity index (χ4n) is 3.84. The molecule has 0 fully saturated rings. The minimum absolute atomic E-state index is 0.0171. The SMILES string of the molecule is COc1ccc(-n2c(C)cc(C(=O)COc3ccccc3-c3ccccc3)c2C)cc1. The van der Waals surface area contributed by atoms with E-state index in [4.69, 9.17) is 9.47 Å². The van der Waals surface area contributed by atoms with Crippen molar-refractivity contribution in [1.29, 1.82) is 0 Å². The van der Waals surface area contributed by atoms with Gasteiger partial charge in [-0.3, -0.25) is 4.79 Å². The van der Waals surface area contributed by atoms with Crippen molar-refractivity contribution in [3.8, 4) is 28.3 Å². The molecule has 0 aliphatic rings. The minimum atomic E-state index is -0.0456. The number of rotatable bonds is 7. The highest BCUT2D eigenvalue weighted by molar-refractivity contribution is 5.99. The fourth-order valence-corrected chi connectivity index (χ4v) is 3.84. The third kappa shape index (κ3) is 4.24. The summed E-state index contributed by atoms with van der Waals surface area (Å²) in [7, 11) is 1.65. The van der Waals surface area contributed by atoms with Gasteiger partial charge in [-0.25, -0.2) is 0 Å². The summed E-state index contributed by atoms with van der Waals surface area (Å²) in [4.78, 5) is 13.0. The number of hydrogen-bond acceptors (Lipinski definition) is 3. The molecule has 4 rings (SSSR count). The van der Waals surface area contributed by atoms with Crippen LogP contribution < -0.4 is 9.47 Å². The normalized spacial score (nSPS) is 10.7. The molecule has 31 heavy (non-hydrogen) atoms. The Morgan fingerprint density at radius 1 is 0.871 bits per heavy atom. The quantitative estimate of drug-likeness (QED) is 0.349. The van der Waals surface area contributed by atoms with Crippen molar-refractivity contribution in [2.24, 2.45) is 0 Å². The zero-order valence-electron chi connectivity index (χ0n) is 18.0. The van der Waals surface area contributed by atoms with E-state index in [-0.39, 0.29) is 12.4 Å². The van der Waals surface area contributed by atoms with Gasteiger partial charge >= 0.3 is 0 Å². The number of para-hydroxylation sites is 1. The van der Waals surface area contributed by atoms with Crippen LogP contribution in [-0.4, -0.2) is 24.1 Å². The van der Waals surface area contributed by atoms with Gasteiger partial charge < -0.3 is 14.0 Å². The van der Waals surface area contributed by atoms with Crippen molar-refractivity contribution in [2.75, 3.05) is 13.7 Å². The van der Waals surface area contributed by atoms with E-state index in [1.807, 2.05) is 98.8 Å². The zero-order valence-corrected chi connectivity index (χ0v) is 18.0. The van der Waals surface area contributed by atoms with Gasteiger partial charge in [0.25, 0.3) is 0 Å². The molecular formula is C27H25NO3. The number of methoxy groups -OCH3 is 1. The van der Waals surface area contributed by atoms with Gasteiger partial charge in [0.05, 0.1) is 7.11 Å². The zero-order chi connectivity index (χ0) is 21.8. The Balaban J connectivity index is 1.55. The fraction of sp³-hybridized carbons (Fsp3) is 0.148. The molecule has 0 aliphatic heterocycles. The second-order valence-corrected chi connectivity index (χ2v) is 7.39. The number of carbonyl (C=O) groups excluding carboxylic acids is 1. The number of aryl methyl sites for hydroxylation is 1. The summed E-state index contributed by atoms with van der Waals surface area (Å²) in [5.74, 6) is 1.45. The van der Waals surface area contributed by atoms with Crippen LogP contribution in [-0.2, 0) is 0 Å². The Bertz CT molecular complexity index is 1190. The van der Waals surface area contributed by atoms with Crippen LogP contribution in [0.15, 0.2) is 84.9 Å². The van der Waals surface area contributed by atoms with E-state index < -0.39 is 0 Å². The number of hydrogen-bond donors (Lipinski definition) is 0. The number of ketones is 1. The van der Waals surface area contributed by atoms with Crippen molar-refractivity contribution in [3.05, 3.63) is 102 Å². The van der Waals surface area contributed by atoms with E-state index in [1.54, 1.807) is 7.11 Å². The number of nitrogens with zero attached hydrogens (tertiary/aromatic N) is 1. The molecule has 0 amide bonds. The largest absolute Gasteiger partial charge is 0.497 e. The predicted molar refractivity (Wildman–Crippen MR) is 123 cm³/mol. The molecular weight excluding hydrogens is 386 g/mol. The average Bonchev–Trinajstić information content (AvgIpc) is 3.12. The summed E-state index contributed by atoms with van der Waals surface area (Å²) in [5.41, 5.74) is 5.59. The summed E-state index contributed by atoms with van der Waals surface area (Å²) in [5, 5.41) is 0. The van der Waals surface area contributed by atoms with Gasteiger partial charge in [0.15, 0.2) is 6.61 Å². The molecule has 0 bridgehead atoms. The van der Waals surface area contributed by atoms with Crippen LogP contribution in [0, 0.1) is 13.8 Å². The number of ether oxygens (including phenoxy) is 2. The van der Waals surface area contributed by atoms with Gasteiger partial charge in [-0.05, 0) is 55.8 Å². The Labute approximate surface area is 182 Å². The maximum atomic E-state index is 13.0. The number of Topliss-reactive ketones (excluding diaryl/α,β-unsaturated/α-hetero) is 1. The molecule has 0 saturated carbocycles. The molecule has 4 aromatic rings. The highest BCUT2D eigenvalue weighted by Crippen LogP contribution is 2.30. The second kappa shape index (κ2) is 8.92. The molecule has 0 radical (unpaired) electrons. The van der Waals surface area contributed by atoms with Crippen molar-refractivity contribution in [3.63, 3.8) is 0 Å². The van der Waals surface area contributed by atoms with Gasteiger partial charge in [0, 0.05) is 28.2 Å². The van der Waals surface area contributed by atoms with E-state index in [0.717, 1.165) is 34.0 Å². The second-order valence-electron chi connectivity index (χ2n) is 7.39. The predicted octanol–water partition coefficient (Wildman–Crippen LogP) is 6.03. The number of aromatic nitrogens is 1. The first kappa shape index (κ1) is 20.5. The first-order valence-corrected chi connectivity index (χ1v) is 10.2. The highest BCUT2D eigenvalue weighted by atomic mass is 16.5. The topological polar surface area (TPSA) is 40.5 Å². The molecule has 0 N–H and O–H groups in total. The highest BCUT2D eigenvalue weighted by Gasteiger charge is 2.18. The van der Waals surface area contributed by atoms with Gasteiger partial charge in [-0.15, -0.1) is 0 Å². The first-order valence-electron chi connectivity index (χ1n) is 10.2.